The van der Waals surface area contributed by atoms with Gasteiger partial charge >= 0.3 is 6.03 Å². The van der Waals surface area contributed by atoms with Crippen LogP contribution in [0.15, 0.2) is 35.9 Å². The fourth-order valence-corrected chi connectivity index (χ4v) is 3.81. The van der Waals surface area contributed by atoms with Crippen molar-refractivity contribution >= 4 is 17.6 Å². The maximum atomic E-state index is 12.3. The summed E-state index contributed by atoms with van der Waals surface area (Å²) in [7, 11) is 0. The third kappa shape index (κ3) is 6.03. The fraction of sp³-hybridized carbons (Fsp3) is 0.571. The van der Waals surface area contributed by atoms with E-state index in [0.29, 0.717) is 0 Å². The van der Waals surface area contributed by atoms with Gasteiger partial charge in [-0.25, -0.2) is 4.79 Å². The van der Waals surface area contributed by atoms with Crippen LogP contribution in [-0.4, -0.2) is 55.1 Å². The predicted molar refractivity (Wildman–Crippen MR) is 108 cm³/mol. The number of carbonyl (C=O) groups excluding carboxylic acids is 1. The van der Waals surface area contributed by atoms with Crippen LogP contribution in [0.3, 0.4) is 0 Å². The molecule has 2 aliphatic rings. The molecule has 5 heteroatoms. The average Bonchev–Trinajstić information content (AvgIpc) is 2.69. The minimum absolute atomic E-state index is 0.0961. The van der Waals surface area contributed by atoms with Crippen LogP contribution >= 0.6 is 11.6 Å². The molecule has 1 fully saturated rings. The minimum atomic E-state index is 0.0961. The number of allylic oxidation sites excluding steroid dienone is 1. The molecule has 1 aromatic carbocycles. The number of nitrogens with one attached hydrogen (secondary N) is 1. The summed E-state index contributed by atoms with van der Waals surface area (Å²) in [5, 5.41) is 3.88. The molecule has 2 amide bonds. The quantitative estimate of drug-likeness (QED) is 0.760. The molecule has 0 unspecified atom stereocenters. The molecule has 26 heavy (non-hydrogen) atoms. The molecule has 1 aliphatic heterocycles. The Balaban J connectivity index is 1.31. The van der Waals surface area contributed by atoms with E-state index in [0.717, 1.165) is 57.1 Å². The summed E-state index contributed by atoms with van der Waals surface area (Å²) in [6, 6.07) is 8.17. The predicted octanol–water partition coefficient (Wildman–Crippen LogP) is 4.10. The molecule has 1 N–H and O–H groups in total. The zero-order chi connectivity index (χ0) is 18.2. The summed E-state index contributed by atoms with van der Waals surface area (Å²) in [5.41, 5.74) is 2.83. The lowest BCUT2D eigenvalue weighted by Gasteiger charge is -2.34. The lowest BCUT2D eigenvalue weighted by atomic mass is 9.97. The molecule has 0 spiro atoms. The van der Waals surface area contributed by atoms with Gasteiger partial charge in [-0.15, -0.1) is 0 Å². The summed E-state index contributed by atoms with van der Waals surface area (Å²) >= 11 is 5.93. The first-order valence-corrected chi connectivity index (χ1v) is 10.3. The highest BCUT2D eigenvalue weighted by Gasteiger charge is 2.20. The molecule has 3 rings (SSSR count). The SMILES string of the molecule is O=C(NCCC1=CCCCC1)N1CCN(CCc2ccc(Cl)cc2)CC1. The average molecular weight is 376 g/mol. The molecule has 0 saturated carbocycles. The minimum Gasteiger partial charge on any atom is -0.338 e. The largest absolute Gasteiger partial charge is 0.338 e. The number of hydrogen-bond acceptors (Lipinski definition) is 2. The Bertz CT molecular complexity index is 606. The van der Waals surface area contributed by atoms with Crippen LogP contribution < -0.4 is 5.32 Å². The smallest absolute Gasteiger partial charge is 0.317 e. The van der Waals surface area contributed by atoms with E-state index in [2.05, 4.69) is 28.4 Å². The molecular weight excluding hydrogens is 346 g/mol. The van der Waals surface area contributed by atoms with Crippen molar-refractivity contribution in [1.82, 2.24) is 15.1 Å². The van der Waals surface area contributed by atoms with Gasteiger partial charge in [0.1, 0.15) is 0 Å². The Morgan fingerprint density at radius 1 is 1.04 bits per heavy atom. The topological polar surface area (TPSA) is 35.6 Å². The van der Waals surface area contributed by atoms with Gasteiger partial charge in [0.2, 0.25) is 0 Å². The number of urea groups is 1. The monoisotopic (exact) mass is 375 g/mol. The van der Waals surface area contributed by atoms with Crippen LogP contribution in [-0.2, 0) is 6.42 Å². The first-order valence-electron chi connectivity index (χ1n) is 9.88. The molecule has 0 atom stereocenters. The fourth-order valence-electron chi connectivity index (χ4n) is 3.69. The van der Waals surface area contributed by atoms with Gasteiger partial charge < -0.3 is 10.2 Å². The van der Waals surface area contributed by atoms with Crippen molar-refractivity contribution in [3.63, 3.8) is 0 Å². The van der Waals surface area contributed by atoms with Crippen LogP contribution in [0.5, 0.6) is 0 Å². The molecule has 0 bridgehead atoms. The normalized spacial score (nSPS) is 18.5. The summed E-state index contributed by atoms with van der Waals surface area (Å²) in [4.78, 5) is 16.7. The highest BCUT2D eigenvalue weighted by molar-refractivity contribution is 6.30. The van der Waals surface area contributed by atoms with E-state index in [-0.39, 0.29) is 6.03 Å². The molecule has 0 aromatic heterocycles. The summed E-state index contributed by atoms with van der Waals surface area (Å²) in [6.07, 6.45) is 9.43. The Morgan fingerprint density at radius 3 is 2.50 bits per heavy atom. The molecule has 1 heterocycles. The number of hydrogen-bond donors (Lipinski definition) is 1. The Labute approximate surface area is 162 Å². The van der Waals surface area contributed by atoms with Crippen LogP contribution in [0.25, 0.3) is 0 Å². The van der Waals surface area contributed by atoms with Crippen molar-refractivity contribution in [3.8, 4) is 0 Å². The van der Waals surface area contributed by atoms with Crippen molar-refractivity contribution in [2.75, 3.05) is 39.3 Å². The Kier molecular flexibility index (Phi) is 7.39. The summed E-state index contributed by atoms with van der Waals surface area (Å²) < 4.78 is 0. The number of benzene rings is 1. The van der Waals surface area contributed by atoms with E-state index in [1.165, 1.54) is 36.8 Å². The van der Waals surface area contributed by atoms with Crippen molar-refractivity contribution in [1.29, 1.82) is 0 Å². The van der Waals surface area contributed by atoms with Gasteiger partial charge in [0.05, 0.1) is 0 Å². The zero-order valence-corrected chi connectivity index (χ0v) is 16.3. The van der Waals surface area contributed by atoms with E-state index in [1.807, 2.05) is 17.0 Å². The lowest BCUT2D eigenvalue weighted by Crippen LogP contribution is -2.52. The number of piperazine rings is 1. The van der Waals surface area contributed by atoms with Crippen molar-refractivity contribution in [3.05, 3.63) is 46.5 Å². The van der Waals surface area contributed by atoms with Crippen molar-refractivity contribution < 1.29 is 4.79 Å². The number of halogens is 1. The van der Waals surface area contributed by atoms with Crippen molar-refractivity contribution in [2.24, 2.45) is 0 Å². The third-order valence-electron chi connectivity index (χ3n) is 5.40. The Morgan fingerprint density at radius 2 is 1.81 bits per heavy atom. The van der Waals surface area contributed by atoms with Gasteiger partial charge in [-0.3, -0.25) is 4.90 Å². The van der Waals surface area contributed by atoms with Crippen LogP contribution in [0.4, 0.5) is 4.79 Å². The highest BCUT2D eigenvalue weighted by atomic mass is 35.5. The van der Waals surface area contributed by atoms with E-state index >= 15 is 0 Å². The molecular formula is C21H30ClN3O. The summed E-state index contributed by atoms with van der Waals surface area (Å²) in [6.45, 7) is 5.33. The van der Waals surface area contributed by atoms with Crippen LogP contribution in [0, 0.1) is 0 Å². The van der Waals surface area contributed by atoms with Gasteiger partial charge in [0.15, 0.2) is 0 Å². The van der Waals surface area contributed by atoms with E-state index in [9.17, 15) is 4.79 Å². The van der Waals surface area contributed by atoms with Crippen LogP contribution in [0.1, 0.15) is 37.7 Å². The van der Waals surface area contributed by atoms with Crippen LogP contribution in [0.2, 0.25) is 5.02 Å². The number of nitrogens with zero attached hydrogens (tertiary/aromatic N) is 2. The second-order valence-corrected chi connectivity index (χ2v) is 7.73. The highest BCUT2D eigenvalue weighted by Crippen LogP contribution is 2.19. The molecule has 0 radical (unpaired) electrons. The van der Waals surface area contributed by atoms with Crippen molar-refractivity contribution in [2.45, 2.75) is 38.5 Å². The molecule has 1 aliphatic carbocycles. The third-order valence-corrected chi connectivity index (χ3v) is 5.65. The molecule has 1 saturated heterocycles. The number of amides is 2. The first-order chi connectivity index (χ1) is 12.7. The van der Waals surface area contributed by atoms with Gasteiger partial charge in [0.25, 0.3) is 0 Å². The molecule has 142 valence electrons. The zero-order valence-electron chi connectivity index (χ0n) is 15.6. The standard InChI is InChI=1S/C21H30ClN3O/c22-20-8-6-19(7-9-20)11-13-24-14-16-25(17-15-24)21(26)23-12-10-18-4-2-1-3-5-18/h4,6-9H,1-3,5,10-17H2,(H,23,26). The lowest BCUT2D eigenvalue weighted by molar-refractivity contribution is 0.140. The number of rotatable bonds is 6. The second-order valence-electron chi connectivity index (χ2n) is 7.30. The van der Waals surface area contributed by atoms with E-state index < -0.39 is 0 Å². The molecule has 1 aromatic rings. The summed E-state index contributed by atoms with van der Waals surface area (Å²) in [5.74, 6) is 0. The van der Waals surface area contributed by atoms with Gasteiger partial charge in [-0.05, 0) is 56.2 Å². The van der Waals surface area contributed by atoms with Gasteiger partial charge in [0, 0.05) is 44.3 Å². The van der Waals surface area contributed by atoms with Gasteiger partial charge in [-0.1, -0.05) is 35.4 Å². The van der Waals surface area contributed by atoms with Gasteiger partial charge in [-0.2, -0.15) is 0 Å². The molecule has 4 nitrogen and oxygen atoms in total. The maximum Gasteiger partial charge on any atom is 0.317 e. The maximum absolute atomic E-state index is 12.3. The first kappa shape index (κ1) is 19.2. The van der Waals surface area contributed by atoms with E-state index in [1.54, 1.807) is 0 Å². The van der Waals surface area contributed by atoms with E-state index in [4.69, 9.17) is 11.6 Å². The Hall–Kier alpha value is -1.52. The second kappa shape index (κ2) is 9.98. The number of carbonyl (C=O) groups is 1.